The van der Waals surface area contributed by atoms with Gasteiger partial charge in [0.05, 0.1) is 24.1 Å². The number of carbonyl (C=O) groups excluding carboxylic acids is 4. The minimum absolute atomic E-state index is 0.0150. The first-order valence-electron chi connectivity index (χ1n) is 12.8. The molecular weight excluding hydrogens is 554 g/mol. The van der Waals surface area contributed by atoms with E-state index in [1.807, 2.05) is 0 Å². The van der Waals surface area contributed by atoms with Crippen LogP contribution in [0.25, 0.3) is 6.08 Å². The number of hydrogen-bond acceptors (Lipinski definition) is 7. The van der Waals surface area contributed by atoms with Crippen molar-refractivity contribution in [3.63, 3.8) is 0 Å². The second-order valence-corrected chi connectivity index (χ2v) is 10.2. The van der Waals surface area contributed by atoms with Gasteiger partial charge >= 0.3 is 0 Å². The van der Waals surface area contributed by atoms with Crippen molar-refractivity contribution in [1.29, 1.82) is 0 Å². The van der Waals surface area contributed by atoms with E-state index in [1.165, 1.54) is 42.0 Å². The molecule has 0 bridgehead atoms. The van der Waals surface area contributed by atoms with Gasteiger partial charge in [0.25, 0.3) is 23.6 Å². The molecule has 0 atom stereocenters. The maximum atomic E-state index is 13.5. The van der Waals surface area contributed by atoms with Crippen molar-refractivity contribution >= 4 is 47.2 Å². The van der Waals surface area contributed by atoms with Crippen molar-refractivity contribution in [2.45, 2.75) is 4.90 Å². The third kappa shape index (κ3) is 6.18. The molecule has 0 unspecified atom stereocenters. The van der Waals surface area contributed by atoms with Crippen LogP contribution in [0.15, 0.2) is 108 Å². The van der Waals surface area contributed by atoms with E-state index in [0.29, 0.717) is 38.6 Å². The van der Waals surface area contributed by atoms with Gasteiger partial charge in [-0.15, -0.1) is 11.8 Å². The Balaban J connectivity index is 1.34. The summed E-state index contributed by atoms with van der Waals surface area (Å²) in [4.78, 5) is 53.7. The molecule has 0 saturated heterocycles. The fourth-order valence-corrected chi connectivity index (χ4v) is 5.17. The van der Waals surface area contributed by atoms with E-state index < -0.39 is 11.8 Å². The molecule has 3 N–H and O–H groups in total. The molecule has 4 aromatic rings. The zero-order valence-electron chi connectivity index (χ0n) is 22.4. The molecule has 0 saturated carbocycles. The van der Waals surface area contributed by atoms with Crippen LogP contribution in [-0.2, 0) is 4.79 Å². The molecule has 42 heavy (non-hydrogen) atoms. The lowest BCUT2D eigenvalue weighted by Gasteiger charge is -2.15. The Kier molecular flexibility index (Phi) is 8.35. The smallest absolute Gasteiger partial charge is 0.272 e. The summed E-state index contributed by atoms with van der Waals surface area (Å²) in [6.07, 6.45) is 1.45. The second kappa shape index (κ2) is 12.4. The molecule has 0 fully saturated rings. The van der Waals surface area contributed by atoms with Crippen LogP contribution in [0, 0.1) is 0 Å². The van der Waals surface area contributed by atoms with E-state index in [4.69, 9.17) is 4.74 Å². The number of nitrogens with zero attached hydrogens (tertiary/aromatic N) is 1. The largest absolute Gasteiger partial charge is 0.508 e. The number of aromatic hydroxyl groups is 1. The summed E-state index contributed by atoms with van der Waals surface area (Å²) in [5.74, 6) is -1.39. The summed E-state index contributed by atoms with van der Waals surface area (Å²) in [6.45, 7) is 0. The average molecular weight is 580 g/mol. The Morgan fingerprint density at radius 3 is 2.26 bits per heavy atom. The lowest BCUT2D eigenvalue weighted by Crippen LogP contribution is -2.30. The van der Waals surface area contributed by atoms with E-state index in [-0.39, 0.29) is 29.1 Å². The van der Waals surface area contributed by atoms with Crippen LogP contribution in [-0.4, -0.2) is 46.6 Å². The van der Waals surface area contributed by atoms with Gasteiger partial charge in [0.2, 0.25) is 0 Å². The number of rotatable bonds is 9. The first-order chi connectivity index (χ1) is 20.3. The van der Waals surface area contributed by atoms with E-state index in [0.717, 1.165) is 0 Å². The Hall–Kier alpha value is -5.35. The van der Waals surface area contributed by atoms with E-state index in [1.54, 1.807) is 84.9 Å². The van der Waals surface area contributed by atoms with Crippen molar-refractivity contribution in [3.05, 3.63) is 125 Å². The van der Waals surface area contributed by atoms with Crippen LogP contribution in [0.5, 0.6) is 11.5 Å². The first kappa shape index (κ1) is 28.2. The summed E-state index contributed by atoms with van der Waals surface area (Å²) in [5, 5.41) is 15.3. The van der Waals surface area contributed by atoms with E-state index in [9.17, 15) is 24.3 Å². The maximum Gasteiger partial charge on any atom is 0.272 e. The molecule has 0 spiro atoms. The third-order valence-electron chi connectivity index (χ3n) is 6.38. The number of imide groups is 1. The minimum atomic E-state index is -0.600. The molecule has 4 aromatic carbocycles. The number of methoxy groups -OCH3 is 1. The minimum Gasteiger partial charge on any atom is -0.508 e. The van der Waals surface area contributed by atoms with Gasteiger partial charge in [-0.2, -0.15) is 0 Å². The average Bonchev–Trinajstić information content (AvgIpc) is 3.25. The predicted octanol–water partition coefficient (Wildman–Crippen LogP) is 5.16. The molecule has 4 amide bonds. The van der Waals surface area contributed by atoms with Gasteiger partial charge in [0, 0.05) is 27.8 Å². The quantitative estimate of drug-likeness (QED) is 0.142. The number of amides is 4. The number of phenolic OH excluding ortho intramolecular Hbond substituents is 1. The van der Waals surface area contributed by atoms with Crippen molar-refractivity contribution in [2.75, 3.05) is 18.3 Å². The highest BCUT2D eigenvalue weighted by atomic mass is 32.2. The fraction of sp³-hybridized carbons (Fsp3) is 0.0625. The molecule has 1 heterocycles. The Morgan fingerprint density at radius 1 is 0.881 bits per heavy atom. The Bertz CT molecular complexity index is 1690. The molecule has 5 rings (SSSR count). The summed E-state index contributed by atoms with van der Waals surface area (Å²) in [5.41, 5.74) is 1.96. The van der Waals surface area contributed by atoms with Crippen molar-refractivity contribution in [1.82, 2.24) is 10.2 Å². The second-order valence-electron chi connectivity index (χ2n) is 9.14. The van der Waals surface area contributed by atoms with Gasteiger partial charge in [-0.25, -0.2) is 0 Å². The number of carbonyl (C=O) groups is 4. The molecule has 1 aliphatic rings. The molecule has 210 valence electrons. The number of phenols is 1. The molecule has 0 aromatic heterocycles. The Labute approximate surface area is 245 Å². The lowest BCUT2D eigenvalue weighted by molar-refractivity contribution is -0.113. The highest BCUT2D eigenvalue weighted by Crippen LogP contribution is 2.29. The molecular formula is C32H25N3O6S. The van der Waals surface area contributed by atoms with Crippen molar-refractivity contribution in [3.8, 4) is 11.5 Å². The maximum absolute atomic E-state index is 13.5. The number of ether oxygens (including phenoxy) is 1. The molecule has 1 aliphatic heterocycles. The van der Waals surface area contributed by atoms with Crippen LogP contribution < -0.4 is 15.4 Å². The number of nitrogens with one attached hydrogen (secondary N) is 2. The van der Waals surface area contributed by atoms with Gasteiger partial charge in [0.1, 0.15) is 17.2 Å². The number of anilines is 1. The standard InChI is InChI=1S/C32H25N3O6S/c1-41-28-18-23(36)15-14-21(28)16-27(34-29(37)20-8-3-2-4-9-20)30(38)33-22-10-7-11-24(17-22)42-19-35-31(39)25-12-5-6-13-26(25)32(35)40/h2-18,36H,19H2,1H3,(H,33,38)(H,34,37)/b27-16-. The fourth-order valence-electron chi connectivity index (χ4n) is 4.27. The van der Waals surface area contributed by atoms with E-state index in [2.05, 4.69) is 10.6 Å². The van der Waals surface area contributed by atoms with Crippen molar-refractivity contribution < 1.29 is 29.0 Å². The number of benzene rings is 4. The predicted molar refractivity (Wildman–Crippen MR) is 159 cm³/mol. The zero-order chi connectivity index (χ0) is 29.6. The highest BCUT2D eigenvalue weighted by molar-refractivity contribution is 7.99. The molecule has 9 nitrogen and oxygen atoms in total. The Morgan fingerprint density at radius 2 is 1.57 bits per heavy atom. The number of hydrogen-bond donors (Lipinski definition) is 3. The SMILES string of the molecule is COc1cc(O)ccc1/C=C(\NC(=O)c1ccccc1)C(=O)Nc1cccc(SCN2C(=O)c3ccccc3C2=O)c1. The van der Waals surface area contributed by atoms with Gasteiger partial charge in [-0.3, -0.25) is 24.1 Å². The van der Waals surface area contributed by atoms with Crippen LogP contribution >= 0.6 is 11.8 Å². The normalized spacial score (nSPS) is 12.6. The zero-order valence-corrected chi connectivity index (χ0v) is 23.2. The number of fused-ring (bicyclic) bond motifs is 1. The van der Waals surface area contributed by atoms with Crippen LogP contribution in [0.2, 0.25) is 0 Å². The third-order valence-corrected chi connectivity index (χ3v) is 7.35. The summed E-state index contributed by atoms with van der Waals surface area (Å²) < 4.78 is 5.33. The molecule has 0 aliphatic carbocycles. The van der Waals surface area contributed by atoms with Gasteiger partial charge in [-0.05, 0) is 60.7 Å². The first-order valence-corrected chi connectivity index (χ1v) is 13.8. The lowest BCUT2D eigenvalue weighted by atomic mass is 10.1. The highest BCUT2D eigenvalue weighted by Gasteiger charge is 2.34. The van der Waals surface area contributed by atoms with Crippen LogP contribution in [0.1, 0.15) is 36.6 Å². The molecule has 10 heteroatoms. The van der Waals surface area contributed by atoms with Gasteiger partial charge in [-0.1, -0.05) is 36.4 Å². The monoisotopic (exact) mass is 579 g/mol. The number of thioether (sulfide) groups is 1. The van der Waals surface area contributed by atoms with Crippen LogP contribution in [0.4, 0.5) is 5.69 Å². The van der Waals surface area contributed by atoms with Crippen molar-refractivity contribution in [2.24, 2.45) is 0 Å². The van der Waals surface area contributed by atoms with Gasteiger partial charge < -0.3 is 20.5 Å². The summed E-state index contributed by atoms with van der Waals surface area (Å²) in [7, 11) is 1.43. The topological polar surface area (TPSA) is 125 Å². The summed E-state index contributed by atoms with van der Waals surface area (Å²) >= 11 is 1.27. The van der Waals surface area contributed by atoms with Crippen LogP contribution in [0.3, 0.4) is 0 Å². The summed E-state index contributed by atoms with van der Waals surface area (Å²) in [6, 6.07) is 26.5. The van der Waals surface area contributed by atoms with Gasteiger partial charge in [0.15, 0.2) is 0 Å². The van der Waals surface area contributed by atoms with E-state index >= 15 is 0 Å². The molecule has 0 radical (unpaired) electrons.